The van der Waals surface area contributed by atoms with Crippen LogP contribution in [0.4, 0.5) is 0 Å². The highest BCUT2D eigenvalue weighted by Gasteiger charge is 2.22. The summed E-state index contributed by atoms with van der Waals surface area (Å²) in [6.45, 7) is 3.91. The van der Waals surface area contributed by atoms with Crippen LogP contribution in [0.5, 0.6) is 0 Å². The van der Waals surface area contributed by atoms with E-state index in [1.54, 1.807) is 19.1 Å². The number of ether oxygens (including phenoxy) is 1. The summed E-state index contributed by atoms with van der Waals surface area (Å²) in [5, 5.41) is 5.25. The summed E-state index contributed by atoms with van der Waals surface area (Å²) in [5.74, 6) is -0.851. The molecule has 0 bridgehead atoms. The van der Waals surface area contributed by atoms with Crippen molar-refractivity contribution in [2.75, 3.05) is 0 Å². The molecule has 1 heterocycles. The molecule has 1 amide bonds. The van der Waals surface area contributed by atoms with Crippen LogP contribution in [0.2, 0.25) is 5.02 Å². The van der Waals surface area contributed by atoms with E-state index in [1.165, 1.54) is 11.3 Å². The number of benzene rings is 2. The summed E-state index contributed by atoms with van der Waals surface area (Å²) in [6.07, 6.45) is -0.896. The van der Waals surface area contributed by atoms with Gasteiger partial charge in [-0.15, -0.1) is 11.3 Å². The number of aryl methyl sites for hydroxylation is 1. The Bertz CT molecular complexity index is 964. The molecule has 0 radical (unpaired) electrons. The lowest BCUT2D eigenvalue weighted by Gasteiger charge is -2.14. The first kappa shape index (κ1) is 20.1. The highest BCUT2D eigenvalue weighted by molar-refractivity contribution is 7.12. The number of esters is 1. The number of halogens is 1. The van der Waals surface area contributed by atoms with E-state index in [1.807, 2.05) is 54.8 Å². The standard InChI is InChI=1S/C22H20ClNO3S/c1-14-3-7-17(8-4-14)19-11-12-28-20(19)22(26)27-15(2)21(25)24-13-16-5-9-18(23)10-6-16/h3-12,15H,13H2,1-2H3,(H,24,25)/t15-/m0/s1. The van der Waals surface area contributed by atoms with Gasteiger partial charge < -0.3 is 10.1 Å². The third kappa shape index (κ3) is 5.00. The molecule has 6 heteroatoms. The van der Waals surface area contributed by atoms with Gasteiger partial charge in [0.2, 0.25) is 0 Å². The van der Waals surface area contributed by atoms with Crippen LogP contribution in [0, 0.1) is 6.92 Å². The molecule has 3 rings (SSSR count). The summed E-state index contributed by atoms with van der Waals surface area (Å²) >= 11 is 7.15. The SMILES string of the molecule is Cc1ccc(-c2ccsc2C(=O)O[C@@H](C)C(=O)NCc2ccc(Cl)cc2)cc1. The summed E-state index contributed by atoms with van der Waals surface area (Å²) in [4.78, 5) is 25.3. The van der Waals surface area contributed by atoms with Gasteiger partial charge in [-0.3, -0.25) is 4.79 Å². The van der Waals surface area contributed by atoms with E-state index in [9.17, 15) is 9.59 Å². The lowest BCUT2D eigenvalue weighted by molar-refractivity contribution is -0.129. The predicted molar refractivity (Wildman–Crippen MR) is 113 cm³/mol. The van der Waals surface area contributed by atoms with Crippen molar-refractivity contribution < 1.29 is 14.3 Å². The molecule has 0 aliphatic carbocycles. The maximum atomic E-state index is 12.6. The van der Waals surface area contributed by atoms with Crippen molar-refractivity contribution in [3.8, 4) is 11.1 Å². The zero-order chi connectivity index (χ0) is 20.1. The number of hydrogen-bond acceptors (Lipinski definition) is 4. The first-order valence-electron chi connectivity index (χ1n) is 8.81. The Morgan fingerprint density at radius 3 is 2.43 bits per heavy atom. The monoisotopic (exact) mass is 413 g/mol. The molecule has 1 aromatic heterocycles. The fourth-order valence-corrected chi connectivity index (χ4v) is 3.55. The van der Waals surface area contributed by atoms with Crippen LogP contribution in [0.1, 0.15) is 27.7 Å². The largest absolute Gasteiger partial charge is 0.448 e. The van der Waals surface area contributed by atoms with E-state index >= 15 is 0 Å². The number of hydrogen-bond donors (Lipinski definition) is 1. The lowest BCUT2D eigenvalue weighted by atomic mass is 10.1. The molecular formula is C22H20ClNO3S. The molecule has 0 saturated carbocycles. The molecule has 4 nitrogen and oxygen atoms in total. The Kier molecular flexibility index (Phi) is 6.49. The maximum Gasteiger partial charge on any atom is 0.349 e. The Balaban J connectivity index is 1.61. The molecule has 0 aliphatic rings. The van der Waals surface area contributed by atoms with Gasteiger partial charge in [0.1, 0.15) is 4.88 Å². The topological polar surface area (TPSA) is 55.4 Å². The molecule has 0 unspecified atom stereocenters. The molecule has 0 saturated heterocycles. The van der Waals surface area contributed by atoms with Crippen LogP contribution in [-0.2, 0) is 16.1 Å². The lowest BCUT2D eigenvalue weighted by Crippen LogP contribution is -2.35. The van der Waals surface area contributed by atoms with Gasteiger partial charge in [0, 0.05) is 17.1 Å². The van der Waals surface area contributed by atoms with E-state index in [2.05, 4.69) is 5.32 Å². The van der Waals surface area contributed by atoms with Crippen molar-refractivity contribution >= 4 is 34.8 Å². The normalized spacial score (nSPS) is 11.7. The number of amides is 1. The third-order valence-corrected chi connectivity index (χ3v) is 5.39. The molecule has 3 aromatic rings. The molecule has 1 N–H and O–H groups in total. The molecule has 2 aromatic carbocycles. The highest BCUT2D eigenvalue weighted by atomic mass is 35.5. The first-order chi connectivity index (χ1) is 13.4. The summed E-state index contributed by atoms with van der Waals surface area (Å²) in [6, 6.07) is 17.0. The van der Waals surface area contributed by atoms with Gasteiger partial charge in [0.05, 0.1) is 0 Å². The van der Waals surface area contributed by atoms with Crippen LogP contribution in [0.3, 0.4) is 0 Å². The van der Waals surface area contributed by atoms with Crippen molar-refractivity contribution in [1.29, 1.82) is 0 Å². The molecule has 0 aliphatic heterocycles. The Morgan fingerprint density at radius 2 is 1.75 bits per heavy atom. The van der Waals surface area contributed by atoms with Crippen LogP contribution in [0.15, 0.2) is 60.0 Å². The molecule has 0 spiro atoms. The number of thiophene rings is 1. The quantitative estimate of drug-likeness (QED) is 0.562. The average molecular weight is 414 g/mol. The average Bonchev–Trinajstić information content (AvgIpc) is 3.17. The predicted octanol–water partition coefficient (Wildman–Crippen LogP) is 5.24. The zero-order valence-electron chi connectivity index (χ0n) is 15.6. The van der Waals surface area contributed by atoms with Gasteiger partial charge >= 0.3 is 5.97 Å². The third-order valence-electron chi connectivity index (χ3n) is 4.25. The van der Waals surface area contributed by atoms with Crippen molar-refractivity contribution in [3.63, 3.8) is 0 Å². The van der Waals surface area contributed by atoms with Gasteiger partial charge in [-0.25, -0.2) is 4.79 Å². The van der Waals surface area contributed by atoms with Gasteiger partial charge in [-0.1, -0.05) is 53.6 Å². The van der Waals surface area contributed by atoms with Crippen molar-refractivity contribution in [2.24, 2.45) is 0 Å². The van der Waals surface area contributed by atoms with Gasteiger partial charge in [0.25, 0.3) is 5.91 Å². The van der Waals surface area contributed by atoms with Gasteiger partial charge in [-0.05, 0) is 48.6 Å². The minimum Gasteiger partial charge on any atom is -0.448 e. The molecule has 28 heavy (non-hydrogen) atoms. The summed E-state index contributed by atoms with van der Waals surface area (Å²) in [5.41, 5.74) is 3.81. The van der Waals surface area contributed by atoms with Crippen LogP contribution in [-0.4, -0.2) is 18.0 Å². The maximum absolute atomic E-state index is 12.6. The fraction of sp³-hybridized carbons (Fsp3) is 0.182. The van der Waals surface area contributed by atoms with E-state index in [0.717, 1.165) is 22.3 Å². The Morgan fingerprint density at radius 1 is 1.07 bits per heavy atom. The minimum absolute atomic E-state index is 0.339. The second kappa shape index (κ2) is 9.04. The number of rotatable bonds is 6. The summed E-state index contributed by atoms with van der Waals surface area (Å²) < 4.78 is 5.39. The zero-order valence-corrected chi connectivity index (χ0v) is 17.1. The Hall–Kier alpha value is -2.63. The highest BCUT2D eigenvalue weighted by Crippen LogP contribution is 2.29. The number of carbonyl (C=O) groups excluding carboxylic acids is 2. The van der Waals surface area contributed by atoms with Crippen LogP contribution < -0.4 is 5.32 Å². The van der Waals surface area contributed by atoms with E-state index in [-0.39, 0.29) is 5.91 Å². The first-order valence-corrected chi connectivity index (χ1v) is 10.1. The van der Waals surface area contributed by atoms with E-state index < -0.39 is 12.1 Å². The Labute approximate surface area is 173 Å². The number of carbonyl (C=O) groups is 2. The van der Waals surface area contributed by atoms with E-state index in [0.29, 0.717) is 16.4 Å². The minimum atomic E-state index is -0.896. The van der Waals surface area contributed by atoms with Crippen LogP contribution in [0.25, 0.3) is 11.1 Å². The molecule has 0 fully saturated rings. The van der Waals surface area contributed by atoms with Gasteiger partial charge in [-0.2, -0.15) is 0 Å². The smallest absolute Gasteiger partial charge is 0.349 e. The summed E-state index contributed by atoms with van der Waals surface area (Å²) in [7, 11) is 0. The molecular weight excluding hydrogens is 394 g/mol. The fourth-order valence-electron chi connectivity index (χ4n) is 2.63. The van der Waals surface area contributed by atoms with Gasteiger partial charge in [0.15, 0.2) is 6.10 Å². The number of nitrogens with one attached hydrogen (secondary N) is 1. The second-order valence-electron chi connectivity index (χ2n) is 6.42. The van der Waals surface area contributed by atoms with Crippen molar-refractivity contribution in [2.45, 2.75) is 26.5 Å². The molecule has 1 atom stereocenters. The molecule has 144 valence electrons. The van der Waals surface area contributed by atoms with Crippen molar-refractivity contribution in [1.82, 2.24) is 5.32 Å². The van der Waals surface area contributed by atoms with Crippen molar-refractivity contribution in [3.05, 3.63) is 81.0 Å². The second-order valence-corrected chi connectivity index (χ2v) is 7.77. The van der Waals surface area contributed by atoms with E-state index in [4.69, 9.17) is 16.3 Å². The van der Waals surface area contributed by atoms with Crippen LogP contribution >= 0.6 is 22.9 Å².